The molecule has 6 rings (SSSR count). The highest BCUT2D eigenvalue weighted by Gasteiger charge is 2.43. The summed E-state index contributed by atoms with van der Waals surface area (Å²) in [4.78, 5) is 72.1. The van der Waals surface area contributed by atoms with Crippen molar-refractivity contribution in [2.24, 2.45) is 0 Å². The van der Waals surface area contributed by atoms with E-state index in [9.17, 15) is 39.4 Å². The van der Waals surface area contributed by atoms with Crippen molar-refractivity contribution in [1.82, 2.24) is 21.3 Å². The number of non-ortho nitro benzene ring substituents is 2. The monoisotopic (exact) mass is 712 g/mol. The molecule has 0 spiro atoms. The van der Waals surface area contributed by atoms with Crippen LogP contribution in [0.3, 0.4) is 0 Å². The number of Topliss-reactive ketones (excluding diaryl/α,β-unsaturated/α-hetero) is 2. The van der Waals surface area contributed by atoms with Crippen LogP contribution >= 0.6 is 23.5 Å². The number of nitrogens with zero attached hydrogens (tertiary/aromatic N) is 2. The third-order valence-electron chi connectivity index (χ3n) is 9.33. The fourth-order valence-corrected chi connectivity index (χ4v) is 9.90. The molecule has 0 bridgehead atoms. The molecule has 4 fully saturated rings. The van der Waals surface area contributed by atoms with Crippen molar-refractivity contribution >= 4 is 58.5 Å². The second kappa shape index (κ2) is 15.0. The molecule has 2 aromatic rings. The number of ketones is 2. The lowest BCUT2D eigenvalue weighted by molar-refractivity contribution is -0.385. The zero-order valence-corrected chi connectivity index (χ0v) is 28.0. The zero-order chi connectivity index (χ0) is 34.7. The van der Waals surface area contributed by atoms with Gasteiger partial charge in [0.05, 0.1) is 45.1 Å². The highest BCUT2D eigenvalue weighted by atomic mass is 32.2. The van der Waals surface area contributed by atoms with Crippen LogP contribution in [0.2, 0.25) is 0 Å². The summed E-state index contributed by atoms with van der Waals surface area (Å²) >= 11 is 3.56. The molecule has 0 unspecified atom stereocenters. The number of rotatable bonds is 16. The van der Waals surface area contributed by atoms with E-state index in [-0.39, 0.29) is 105 Å². The first kappa shape index (κ1) is 34.5. The highest BCUT2D eigenvalue weighted by molar-refractivity contribution is 8.00. The number of carbonyl (C=O) groups excluding carboxylic acids is 4. The maximum atomic E-state index is 13.4. The van der Waals surface area contributed by atoms with Crippen molar-refractivity contribution in [2.45, 2.75) is 86.0 Å². The van der Waals surface area contributed by atoms with Gasteiger partial charge in [-0.15, -0.1) is 0 Å². The Morgan fingerprint density at radius 1 is 0.694 bits per heavy atom. The van der Waals surface area contributed by atoms with Crippen molar-refractivity contribution in [3.63, 3.8) is 0 Å². The molecular formula is C32H36N6O9S2. The van der Waals surface area contributed by atoms with Gasteiger partial charge in [-0.2, -0.15) is 23.5 Å². The van der Waals surface area contributed by atoms with Crippen LogP contribution in [0.5, 0.6) is 11.5 Å². The first-order valence-electron chi connectivity index (χ1n) is 16.3. The fourth-order valence-electron chi connectivity index (χ4n) is 6.81. The lowest BCUT2D eigenvalue weighted by Crippen LogP contribution is -2.36. The molecular weight excluding hydrogens is 677 g/mol. The van der Waals surface area contributed by atoms with Gasteiger partial charge in [0.15, 0.2) is 11.6 Å². The summed E-state index contributed by atoms with van der Waals surface area (Å²) in [5.74, 6) is 0.922. The average Bonchev–Trinajstić information content (AvgIpc) is 3.83. The van der Waals surface area contributed by atoms with E-state index in [1.165, 1.54) is 24.3 Å². The van der Waals surface area contributed by atoms with Gasteiger partial charge in [0.1, 0.15) is 11.5 Å². The van der Waals surface area contributed by atoms with Crippen LogP contribution in [-0.2, 0) is 0 Å². The van der Waals surface area contributed by atoms with E-state index >= 15 is 0 Å². The number of amides is 4. The van der Waals surface area contributed by atoms with Crippen LogP contribution in [0.15, 0.2) is 36.4 Å². The minimum atomic E-state index is -0.611. The summed E-state index contributed by atoms with van der Waals surface area (Å²) < 4.78 is 6.05. The van der Waals surface area contributed by atoms with E-state index in [0.717, 1.165) is 36.5 Å². The van der Waals surface area contributed by atoms with Gasteiger partial charge in [-0.1, -0.05) is 12.8 Å². The van der Waals surface area contributed by atoms with Crippen molar-refractivity contribution in [3.8, 4) is 11.5 Å². The number of nitrogens with one attached hydrogen (secondary N) is 4. The standard InChI is InChI=1S/C32H36N6O9S2/c39-23(5-1-3-7-27-29-21(15-48-27)33-31(41)35-29)19-13-17(37(43)44)9-11-25(19)47-26-12-10-18(38(45)46)14-20(26)24(40)6-2-4-8-28-30-22(16-49-28)34-32(42)36-30/h9-14,21-22,27-30H,1-8,15-16H2,(H2,33,35,41)(H2,34,36,42)/t21-,22-,27-,28-,29-,30-/m0/s1. The number of thioether (sulfide) groups is 2. The number of urea groups is 2. The van der Waals surface area contributed by atoms with Crippen molar-refractivity contribution in [1.29, 1.82) is 0 Å². The Morgan fingerprint density at radius 3 is 1.53 bits per heavy atom. The Morgan fingerprint density at radius 2 is 1.12 bits per heavy atom. The van der Waals surface area contributed by atoms with Gasteiger partial charge in [-0.3, -0.25) is 29.8 Å². The van der Waals surface area contributed by atoms with E-state index in [1.807, 2.05) is 0 Å². The lowest BCUT2D eigenvalue weighted by atomic mass is 9.99. The number of ether oxygens (including phenoxy) is 1. The molecule has 17 heteroatoms. The van der Waals surface area contributed by atoms with Gasteiger partial charge in [0, 0.05) is 59.1 Å². The third kappa shape index (κ3) is 7.93. The van der Waals surface area contributed by atoms with E-state index < -0.39 is 9.85 Å². The van der Waals surface area contributed by atoms with Gasteiger partial charge in [-0.05, 0) is 37.8 Å². The van der Waals surface area contributed by atoms with Gasteiger partial charge in [0.2, 0.25) is 0 Å². The Hall–Kier alpha value is -4.38. The number of benzene rings is 2. The quantitative estimate of drug-likeness (QED) is 0.0590. The Bertz CT molecular complexity index is 1560. The molecule has 4 saturated heterocycles. The van der Waals surface area contributed by atoms with Crippen molar-refractivity contribution < 1.29 is 33.8 Å². The smallest absolute Gasteiger partial charge is 0.315 e. The molecule has 0 aromatic heterocycles. The third-order valence-corrected chi connectivity index (χ3v) is 12.3. The molecule has 4 aliphatic rings. The molecule has 6 atom stereocenters. The normalized spacial score (nSPS) is 25.1. The van der Waals surface area contributed by atoms with Gasteiger partial charge in [0.25, 0.3) is 11.4 Å². The number of nitro groups is 2. The van der Waals surface area contributed by atoms with Gasteiger partial charge < -0.3 is 26.0 Å². The summed E-state index contributed by atoms with van der Waals surface area (Å²) in [5, 5.41) is 35.3. The summed E-state index contributed by atoms with van der Waals surface area (Å²) in [5.41, 5.74) is -0.634. The molecule has 4 N–H and O–H groups in total. The largest absolute Gasteiger partial charge is 0.456 e. The van der Waals surface area contributed by atoms with Crippen LogP contribution in [0.25, 0.3) is 0 Å². The SMILES string of the molecule is O=C1N[C@H]2[C@H](CS[C@H]2CCCCC(=O)c2cc([N+](=O)[O-])ccc2Oc2ccc([N+](=O)[O-])cc2C(=O)CCCC[C@@H]2SC[C@@H]3NC(=O)N[C@@H]32)N1. The van der Waals surface area contributed by atoms with Crippen LogP contribution < -0.4 is 26.0 Å². The summed E-state index contributed by atoms with van der Waals surface area (Å²) in [6.07, 6.45) is 4.23. The van der Waals surface area contributed by atoms with Gasteiger partial charge in [-0.25, -0.2) is 9.59 Å². The maximum absolute atomic E-state index is 13.4. The Labute approximate surface area is 289 Å². The predicted molar refractivity (Wildman–Crippen MR) is 183 cm³/mol. The molecule has 0 saturated carbocycles. The number of hydrogen-bond acceptors (Lipinski definition) is 11. The number of fused-ring (bicyclic) bond motifs is 2. The number of hydrogen-bond donors (Lipinski definition) is 4. The molecule has 15 nitrogen and oxygen atoms in total. The second-order valence-electron chi connectivity index (χ2n) is 12.6. The Balaban J connectivity index is 1.10. The summed E-state index contributed by atoms with van der Waals surface area (Å²) in [6, 6.07) is 7.27. The fraction of sp³-hybridized carbons (Fsp3) is 0.500. The van der Waals surface area contributed by atoms with Crippen LogP contribution in [0.1, 0.15) is 72.1 Å². The van der Waals surface area contributed by atoms with Gasteiger partial charge >= 0.3 is 12.1 Å². The van der Waals surface area contributed by atoms with Crippen molar-refractivity contribution in [2.75, 3.05) is 11.5 Å². The number of carbonyl (C=O) groups is 4. The first-order chi connectivity index (χ1) is 23.6. The molecule has 4 aliphatic heterocycles. The number of nitro benzene ring substituents is 2. The summed E-state index contributed by atoms with van der Waals surface area (Å²) in [6.45, 7) is 0. The van der Waals surface area contributed by atoms with E-state index in [1.54, 1.807) is 23.5 Å². The number of unbranched alkanes of at least 4 members (excludes halogenated alkanes) is 2. The van der Waals surface area contributed by atoms with Crippen LogP contribution in [0.4, 0.5) is 21.0 Å². The second-order valence-corrected chi connectivity index (χ2v) is 15.1. The van der Waals surface area contributed by atoms with E-state index in [2.05, 4.69) is 21.3 Å². The highest BCUT2D eigenvalue weighted by Crippen LogP contribution is 2.37. The lowest BCUT2D eigenvalue weighted by Gasteiger charge is -2.17. The van der Waals surface area contributed by atoms with Crippen molar-refractivity contribution in [3.05, 3.63) is 67.8 Å². The topological polar surface area (TPSA) is 212 Å². The zero-order valence-electron chi connectivity index (χ0n) is 26.4. The molecule has 4 amide bonds. The molecule has 260 valence electrons. The maximum Gasteiger partial charge on any atom is 0.315 e. The van der Waals surface area contributed by atoms with Crippen LogP contribution in [0, 0.1) is 20.2 Å². The van der Waals surface area contributed by atoms with E-state index in [4.69, 9.17) is 4.74 Å². The van der Waals surface area contributed by atoms with E-state index in [0.29, 0.717) is 25.7 Å². The molecule has 4 heterocycles. The predicted octanol–water partition coefficient (Wildman–Crippen LogP) is 5.11. The Kier molecular flexibility index (Phi) is 10.6. The minimum Gasteiger partial charge on any atom is -0.456 e. The minimum absolute atomic E-state index is 0.00692. The summed E-state index contributed by atoms with van der Waals surface area (Å²) in [7, 11) is 0. The molecule has 0 aliphatic carbocycles. The molecule has 0 radical (unpaired) electrons. The van der Waals surface area contributed by atoms with Crippen LogP contribution in [-0.4, -0.2) is 79.6 Å². The molecule has 49 heavy (non-hydrogen) atoms. The first-order valence-corrected chi connectivity index (χ1v) is 18.4. The average molecular weight is 713 g/mol. The molecule has 2 aromatic carbocycles.